The Balaban J connectivity index is 1.34. The van der Waals surface area contributed by atoms with Gasteiger partial charge in [-0.3, -0.25) is 14.6 Å². The number of benzene rings is 2. The molecule has 0 radical (unpaired) electrons. The lowest BCUT2D eigenvalue weighted by molar-refractivity contribution is 0.0700. The molecule has 1 aliphatic heterocycles. The number of fused-ring (bicyclic) bond motifs is 1. The van der Waals surface area contributed by atoms with Crippen molar-refractivity contribution >= 4 is 22.7 Å². The number of halogens is 1. The molecule has 2 amide bonds. The summed E-state index contributed by atoms with van der Waals surface area (Å²) in [5, 5.41) is 3.82. The van der Waals surface area contributed by atoms with Crippen LogP contribution in [0.4, 0.5) is 4.39 Å². The van der Waals surface area contributed by atoms with E-state index in [1.165, 1.54) is 12.1 Å². The van der Waals surface area contributed by atoms with Gasteiger partial charge in [0.1, 0.15) is 5.82 Å². The summed E-state index contributed by atoms with van der Waals surface area (Å²) in [5.74, 6) is -0.541. The molecule has 1 saturated heterocycles. The van der Waals surface area contributed by atoms with Gasteiger partial charge in [0.25, 0.3) is 11.8 Å². The average Bonchev–Trinajstić information content (AvgIpc) is 2.89. The number of hydrogen-bond acceptors (Lipinski definition) is 4. The zero-order chi connectivity index (χ0) is 23.5. The highest BCUT2D eigenvalue weighted by atomic mass is 19.1. The van der Waals surface area contributed by atoms with Crippen molar-refractivity contribution in [1.82, 2.24) is 20.2 Å². The predicted molar refractivity (Wildman–Crippen MR) is 128 cm³/mol. The van der Waals surface area contributed by atoms with Crippen molar-refractivity contribution in [3.63, 3.8) is 0 Å². The lowest BCUT2D eigenvalue weighted by atomic mass is 10.0. The smallest absolute Gasteiger partial charge is 0.254 e. The van der Waals surface area contributed by atoms with Crippen LogP contribution in [0.15, 0.2) is 79.1 Å². The van der Waals surface area contributed by atoms with Crippen molar-refractivity contribution in [2.45, 2.75) is 18.9 Å². The van der Waals surface area contributed by atoms with Crippen molar-refractivity contribution in [3.8, 4) is 11.3 Å². The summed E-state index contributed by atoms with van der Waals surface area (Å²) in [4.78, 5) is 36.5. The Morgan fingerprint density at radius 1 is 0.971 bits per heavy atom. The van der Waals surface area contributed by atoms with Gasteiger partial charge in [-0.15, -0.1) is 0 Å². The molecule has 5 rings (SSSR count). The summed E-state index contributed by atoms with van der Waals surface area (Å²) in [5.41, 5.74) is 3.19. The number of aromatic nitrogens is 2. The fourth-order valence-electron chi connectivity index (χ4n) is 4.28. The highest BCUT2D eigenvalue weighted by Crippen LogP contribution is 2.27. The van der Waals surface area contributed by atoms with Gasteiger partial charge < -0.3 is 10.2 Å². The first-order chi connectivity index (χ1) is 16.6. The molecule has 2 aromatic carbocycles. The number of carbonyl (C=O) groups is 2. The van der Waals surface area contributed by atoms with Gasteiger partial charge in [-0.2, -0.15) is 0 Å². The number of pyridine rings is 2. The molecule has 4 aromatic rings. The van der Waals surface area contributed by atoms with E-state index in [4.69, 9.17) is 4.98 Å². The van der Waals surface area contributed by atoms with Crippen molar-refractivity contribution in [1.29, 1.82) is 0 Å². The third kappa shape index (κ3) is 4.50. The van der Waals surface area contributed by atoms with Crippen molar-refractivity contribution < 1.29 is 14.0 Å². The van der Waals surface area contributed by atoms with Crippen molar-refractivity contribution in [2.75, 3.05) is 13.1 Å². The van der Waals surface area contributed by atoms with Crippen LogP contribution in [-0.2, 0) is 0 Å². The summed E-state index contributed by atoms with van der Waals surface area (Å²) in [6.07, 6.45) is 4.52. The number of nitrogens with one attached hydrogen (secondary N) is 1. The lowest BCUT2D eigenvalue weighted by Gasteiger charge is -2.32. The molecule has 170 valence electrons. The summed E-state index contributed by atoms with van der Waals surface area (Å²) in [7, 11) is 0. The van der Waals surface area contributed by atoms with Crippen LogP contribution >= 0.6 is 0 Å². The minimum atomic E-state index is -0.320. The quantitative estimate of drug-likeness (QED) is 0.494. The number of amides is 2. The van der Waals surface area contributed by atoms with E-state index < -0.39 is 0 Å². The molecule has 0 unspecified atom stereocenters. The predicted octanol–water partition coefficient (Wildman–Crippen LogP) is 4.47. The number of piperidine rings is 1. The molecule has 0 spiro atoms. The van der Waals surface area contributed by atoms with Gasteiger partial charge in [0.15, 0.2) is 0 Å². The highest BCUT2D eigenvalue weighted by molar-refractivity contribution is 6.07. The Morgan fingerprint density at radius 3 is 2.47 bits per heavy atom. The van der Waals surface area contributed by atoms with E-state index in [0.717, 1.165) is 10.9 Å². The van der Waals surface area contributed by atoms with Crippen LogP contribution in [0.5, 0.6) is 0 Å². The maximum absolute atomic E-state index is 13.5. The molecule has 34 heavy (non-hydrogen) atoms. The van der Waals surface area contributed by atoms with Gasteiger partial charge in [0, 0.05) is 42.5 Å². The van der Waals surface area contributed by atoms with E-state index in [1.54, 1.807) is 42.7 Å². The fourth-order valence-corrected chi connectivity index (χ4v) is 4.28. The molecule has 0 saturated carbocycles. The largest absolute Gasteiger partial charge is 0.349 e. The third-order valence-electron chi connectivity index (χ3n) is 6.13. The van der Waals surface area contributed by atoms with Crippen molar-refractivity contribution in [3.05, 3.63) is 96.1 Å². The highest BCUT2D eigenvalue weighted by Gasteiger charge is 2.26. The topological polar surface area (TPSA) is 75.2 Å². The van der Waals surface area contributed by atoms with Gasteiger partial charge in [0.05, 0.1) is 22.3 Å². The number of hydrogen-bond donors (Lipinski definition) is 1. The molecule has 1 N–H and O–H groups in total. The Labute approximate surface area is 196 Å². The van der Waals surface area contributed by atoms with E-state index in [-0.39, 0.29) is 23.7 Å². The Morgan fingerprint density at radius 2 is 1.74 bits per heavy atom. The van der Waals surface area contributed by atoms with Crippen LogP contribution in [-0.4, -0.2) is 45.8 Å². The van der Waals surface area contributed by atoms with E-state index >= 15 is 0 Å². The standard InChI is InChI=1S/C27H23FN4O2/c28-20-9-7-18(8-10-20)25-16-23(22-5-1-2-6-24(22)31-25)27(34)32-14-11-21(12-15-32)30-26(33)19-4-3-13-29-17-19/h1-10,13,16-17,21H,11-12,14-15H2,(H,30,33). The number of carbonyl (C=O) groups excluding carboxylic acids is 2. The van der Waals surface area contributed by atoms with E-state index in [9.17, 15) is 14.0 Å². The van der Waals surface area contributed by atoms with E-state index in [1.807, 2.05) is 29.2 Å². The second kappa shape index (κ2) is 9.39. The molecule has 0 aliphatic carbocycles. The minimum absolute atomic E-state index is 0.000663. The van der Waals surface area contributed by atoms with Gasteiger partial charge in [-0.1, -0.05) is 18.2 Å². The van der Waals surface area contributed by atoms with E-state index in [2.05, 4.69) is 10.3 Å². The van der Waals surface area contributed by atoms with Crippen LogP contribution in [0.2, 0.25) is 0 Å². The molecule has 1 fully saturated rings. The number of para-hydroxylation sites is 1. The second-order valence-corrected chi connectivity index (χ2v) is 8.36. The maximum Gasteiger partial charge on any atom is 0.254 e. The molecule has 6 nitrogen and oxygen atoms in total. The summed E-state index contributed by atoms with van der Waals surface area (Å²) in [6.45, 7) is 1.08. The monoisotopic (exact) mass is 454 g/mol. The molecule has 1 aliphatic rings. The van der Waals surface area contributed by atoms with Gasteiger partial charge in [-0.25, -0.2) is 9.37 Å². The zero-order valence-corrected chi connectivity index (χ0v) is 18.4. The zero-order valence-electron chi connectivity index (χ0n) is 18.4. The second-order valence-electron chi connectivity index (χ2n) is 8.36. The molecule has 7 heteroatoms. The van der Waals surface area contributed by atoms with Crippen molar-refractivity contribution in [2.24, 2.45) is 0 Å². The van der Waals surface area contributed by atoms with Crippen LogP contribution in [0.3, 0.4) is 0 Å². The number of rotatable bonds is 4. The van der Waals surface area contributed by atoms with Crippen LogP contribution < -0.4 is 5.32 Å². The number of nitrogens with zero attached hydrogens (tertiary/aromatic N) is 3. The SMILES string of the molecule is O=C(NC1CCN(C(=O)c2cc(-c3ccc(F)cc3)nc3ccccc23)CC1)c1cccnc1. The van der Waals surface area contributed by atoms with Crippen LogP contribution in [0.1, 0.15) is 33.6 Å². The fraction of sp³-hybridized carbons (Fsp3) is 0.185. The van der Waals surface area contributed by atoms with Gasteiger partial charge in [0.2, 0.25) is 0 Å². The molecule has 2 aromatic heterocycles. The Hall–Kier alpha value is -4.13. The minimum Gasteiger partial charge on any atom is -0.349 e. The molecular weight excluding hydrogens is 431 g/mol. The maximum atomic E-state index is 13.5. The first kappa shape index (κ1) is 21.7. The molecule has 0 bridgehead atoms. The van der Waals surface area contributed by atoms with Gasteiger partial charge in [-0.05, 0) is 61.4 Å². The summed E-state index contributed by atoms with van der Waals surface area (Å²) < 4.78 is 13.4. The van der Waals surface area contributed by atoms with Crippen LogP contribution in [0.25, 0.3) is 22.2 Å². The molecule has 0 atom stereocenters. The Bertz CT molecular complexity index is 1330. The number of likely N-dealkylation sites (tertiary alicyclic amines) is 1. The van der Waals surface area contributed by atoms with E-state index in [0.29, 0.717) is 48.3 Å². The molecule has 3 heterocycles. The molecular formula is C27H23FN4O2. The first-order valence-corrected chi connectivity index (χ1v) is 11.2. The summed E-state index contributed by atoms with van der Waals surface area (Å²) in [6, 6.07) is 18.9. The van der Waals surface area contributed by atoms with Gasteiger partial charge >= 0.3 is 0 Å². The first-order valence-electron chi connectivity index (χ1n) is 11.2. The normalized spacial score (nSPS) is 14.2. The van der Waals surface area contributed by atoms with Crippen LogP contribution in [0, 0.1) is 5.82 Å². The Kier molecular flexibility index (Phi) is 5.99. The lowest BCUT2D eigenvalue weighted by Crippen LogP contribution is -2.46. The summed E-state index contributed by atoms with van der Waals surface area (Å²) >= 11 is 0. The average molecular weight is 455 g/mol. The third-order valence-corrected chi connectivity index (χ3v) is 6.13.